The molecule has 40 heavy (non-hydrogen) atoms. The molecule has 0 aliphatic heterocycles. The second-order valence-corrected chi connectivity index (χ2v) is 12.5. The molecule has 3 aromatic rings. The first-order chi connectivity index (χ1) is 18.9. The SMILES string of the molecule is CCCCNC(=O)[C@H](C)N(Cc1cccc(Cl)c1)C(=O)CN(c1ccc(Cl)cc1C)S(=O)(=O)c1ccc(C)cc1. The van der Waals surface area contributed by atoms with Crippen LogP contribution in [-0.4, -0.2) is 44.3 Å². The van der Waals surface area contributed by atoms with Crippen molar-refractivity contribution >= 4 is 50.7 Å². The Labute approximate surface area is 247 Å². The summed E-state index contributed by atoms with van der Waals surface area (Å²) in [5.74, 6) is -0.859. The lowest BCUT2D eigenvalue weighted by molar-refractivity contribution is -0.139. The second-order valence-electron chi connectivity index (χ2n) is 9.73. The quantitative estimate of drug-likeness (QED) is 0.252. The van der Waals surface area contributed by atoms with Gasteiger partial charge in [0.1, 0.15) is 12.6 Å². The van der Waals surface area contributed by atoms with Gasteiger partial charge in [-0.3, -0.25) is 13.9 Å². The number of carbonyl (C=O) groups is 2. The fraction of sp³-hybridized carbons (Fsp3) is 0.333. The Balaban J connectivity index is 2.04. The molecule has 214 valence electrons. The average molecular weight is 605 g/mol. The largest absolute Gasteiger partial charge is 0.354 e. The molecule has 1 atom stereocenters. The van der Waals surface area contributed by atoms with Crippen LogP contribution in [0.4, 0.5) is 5.69 Å². The number of sulfonamides is 1. The Kier molecular flexibility index (Phi) is 11.0. The van der Waals surface area contributed by atoms with Gasteiger partial charge in [0.25, 0.3) is 10.0 Å². The van der Waals surface area contributed by atoms with Crippen LogP contribution in [0, 0.1) is 13.8 Å². The minimum Gasteiger partial charge on any atom is -0.354 e. The van der Waals surface area contributed by atoms with Gasteiger partial charge >= 0.3 is 0 Å². The first kappa shape index (κ1) is 31.5. The molecular weight excluding hydrogens is 569 g/mol. The molecule has 0 bridgehead atoms. The van der Waals surface area contributed by atoms with Gasteiger partial charge in [-0.2, -0.15) is 0 Å². The zero-order chi connectivity index (χ0) is 29.4. The van der Waals surface area contributed by atoms with Crippen molar-refractivity contribution in [1.29, 1.82) is 0 Å². The van der Waals surface area contributed by atoms with Crippen molar-refractivity contribution < 1.29 is 18.0 Å². The maximum atomic E-state index is 14.0. The topological polar surface area (TPSA) is 86.8 Å². The van der Waals surface area contributed by atoms with Gasteiger partial charge in [-0.25, -0.2) is 8.42 Å². The minimum absolute atomic E-state index is 0.0481. The van der Waals surface area contributed by atoms with Gasteiger partial charge in [-0.1, -0.05) is 66.4 Å². The Morgan fingerprint density at radius 1 is 0.950 bits per heavy atom. The lowest BCUT2D eigenvalue weighted by Crippen LogP contribution is -2.51. The molecule has 0 fully saturated rings. The lowest BCUT2D eigenvalue weighted by atomic mass is 10.1. The highest BCUT2D eigenvalue weighted by Crippen LogP contribution is 2.29. The Morgan fingerprint density at radius 3 is 2.25 bits per heavy atom. The van der Waals surface area contributed by atoms with Crippen molar-refractivity contribution in [3.8, 4) is 0 Å². The van der Waals surface area contributed by atoms with E-state index >= 15 is 0 Å². The summed E-state index contributed by atoms with van der Waals surface area (Å²) in [5, 5.41) is 3.81. The summed E-state index contributed by atoms with van der Waals surface area (Å²) < 4.78 is 29.0. The van der Waals surface area contributed by atoms with E-state index in [1.165, 1.54) is 17.0 Å². The predicted octanol–water partition coefficient (Wildman–Crippen LogP) is 6.14. The summed E-state index contributed by atoms with van der Waals surface area (Å²) in [6.07, 6.45) is 1.71. The number of anilines is 1. The number of amides is 2. The summed E-state index contributed by atoms with van der Waals surface area (Å²) in [7, 11) is -4.16. The van der Waals surface area contributed by atoms with Crippen molar-refractivity contribution in [3.05, 3.63) is 93.5 Å². The van der Waals surface area contributed by atoms with Crippen LogP contribution in [0.15, 0.2) is 71.6 Å². The summed E-state index contributed by atoms with van der Waals surface area (Å²) in [5.41, 5.74) is 2.52. The van der Waals surface area contributed by atoms with Crippen LogP contribution in [0.2, 0.25) is 10.0 Å². The van der Waals surface area contributed by atoms with Gasteiger partial charge in [-0.05, 0) is 80.8 Å². The van der Waals surface area contributed by atoms with Crippen LogP contribution in [0.25, 0.3) is 0 Å². The van der Waals surface area contributed by atoms with Crippen molar-refractivity contribution in [3.63, 3.8) is 0 Å². The summed E-state index contributed by atoms with van der Waals surface area (Å²) in [6, 6.07) is 17.4. The molecule has 0 aliphatic carbocycles. The van der Waals surface area contributed by atoms with Crippen molar-refractivity contribution in [1.82, 2.24) is 10.2 Å². The van der Waals surface area contributed by atoms with E-state index in [0.717, 1.165) is 22.7 Å². The number of rotatable bonds is 12. The summed E-state index contributed by atoms with van der Waals surface area (Å²) >= 11 is 12.3. The van der Waals surface area contributed by atoms with Crippen molar-refractivity contribution in [2.24, 2.45) is 0 Å². The number of carbonyl (C=O) groups excluding carboxylic acids is 2. The first-order valence-corrected chi connectivity index (χ1v) is 15.3. The third-order valence-electron chi connectivity index (χ3n) is 6.55. The normalized spacial score (nSPS) is 12.1. The number of nitrogens with zero attached hydrogens (tertiary/aromatic N) is 2. The van der Waals surface area contributed by atoms with Crippen LogP contribution in [-0.2, 0) is 26.2 Å². The summed E-state index contributed by atoms with van der Waals surface area (Å²) in [6.45, 7) is 7.28. The van der Waals surface area contributed by atoms with Gasteiger partial charge in [0, 0.05) is 23.1 Å². The fourth-order valence-electron chi connectivity index (χ4n) is 4.20. The molecule has 0 aliphatic rings. The highest BCUT2D eigenvalue weighted by molar-refractivity contribution is 7.92. The minimum atomic E-state index is -4.16. The number of hydrogen-bond donors (Lipinski definition) is 1. The Bertz CT molecular complexity index is 1450. The van der Waals surface area contributed by atoms with E-state index < -0.39 is 28.5 Å². The zero-order valence-electron chi connectivity index (χ0n) is 23.2. The van der Waals surface area contributed by atoms with Gasteiger partial charge in [-0.15, -0.1) is 0 Å². The van der Waals surface area contributed by atoms with Crippen LogP contribution >= 0.6 is 23.2 Å². The molecule has 2 amide bonds. The predicted molar refractivity (Wildman–Crippen MR) is 161 cm³/mol. The molecule has 3 rings (SSSR count). The molecule has 10 heteroatoms. The third kappa shape index (κ3) is 7.99. The maximum absolute atomic E-state index is 14.0. The van der Waals surface area contributed by atoms with E-state index in [0.29, 0.717) is 33.4 Å². The van der Waals surface area contributed by atoms with Gasteiger partial charge in [0.15, 0.2) is 0 Å². The molecule has 0 aromatic heterocycles. The molecule has 0 saturated heterocycles. The molecule has 0 saturated carbocycles. The molecule has 0 radical (unpaired) electrons. The highest BCUT2D eigenvalue weighted by atomic mass is 35.5. The number of benzene rings is 3. The first-order valence-electron chi connectivity index (χ1n) is 13.1. The van der Waals surface area contributed by atoms with Gasteiger partial charge < -0.3 is 10.2 Å². The van der Waals surface area contributed by atoms with E-state index in [1.807, 2.05) is 13.8 Å². The summed E-state index contributed by atoms with van der Waals surface area (Å²) in [4.78, 5) is 28.5. The Hall–Kier alpha value is -3.07. The van der Waals surface area contributed by atoms with E-state index in [2.05, 4.69) is 5.32 Å². The van der Waals surface area contributed by atoms with Crippen LogP contribution in [0.1, 0.15) is 43.4 Å². The van der Waals surface area contributed by atoms with Crippen molar-refractivity contribution in [2.75, 3.05) is 17.4 Å². The van der Waals surface area contributed by atoms with Gasteiger partial charge in [0.05, 0.1) is 10.6 Å². The van der Waals surface area contributed by atoms with E-state index in [4.69, 9.17) is 23.2 Å². The molecule has 0 unspecified atom stereocenters. The molecule has 0 spiro atoms. The lowest BCUT2D eigenvalue weighted by Gasteiger charge is -2.32. The monoisotopic (exact) mass is 603 g/mol. The number of unbranched alkanes of at least 4 members (excludes halogenated alkanes) is 1. The molecule has 1 N–H and O–H groups in total. The smallest absolute Gasteiger partial charge is 0.264 e. The number of aryl methyl sites for hydroxylation is 2. The maximum Gasteiger partial charge on any atom is 0.264 e. The average Bonchev–Trinajstić information content (AvgIpc) is 2.90. The van der Waals surface area contributed by atoms with Gasteiger partial charge in [0.2, 0.25) is 11.8 Å². The zero-order valence-corrected chi connectivity index (χ0v) is 25.5. The highest BCUT2D eigenvalue weighted by Gasteiger charge is 2.33. The number of hydrogen-bond acceptors (Lipinski definition) is 4. The Morgan fingerprint density at radius 2 is 1.62 bits per heavy atom. The molecule has 0 heterocycles. The number of halogens is 2. The second kappa shape index (κ2) is 14.0. The van der Waals surface area contributed by atoms with Crippen LogP contribution in [0.5, 0.6) is 0 Å². The van der Waals surface area contributed by atoms with Crippen LogP contribution < -0.4 is 9.62 Å². The van der Waals surface area contributed by atoms with Crippen molar-refractivity contribution in [2.45, 2.75) is 58.0 Å². The number of nitrogens with one attached hydrogen (secondary N) is 1. The molecular formula is C30H35Cl2N3O4S. The van der Waals surface area contributed by atoms with E-state index in [-0.39, 0.29) is 17.3 Å². The molecule has 3 aromatic carbocycles. The van der Waals surface area contributed by atoms with E-state index in [9.17, 15) is 18.0 Å². The third-order valence-corrected chi connectivity index (χ3v) is 8.80. The van der Waals surface area contributed by atoms with E-state index in [1.54, 1.807) is 68.4 Å². The van der Waals surface area contributed by atoms with Crippen LogP contribution in [0.3, 0.4) is 0 Å². The fourth-order valence-corrected chi connectivity index (χ4v) is 6.12. The molecule has 7 nitrogen and oxygen atoms in total. The standard InChI is InChI=1S/C30H35Cl2N3O4S/c1-5-6-16-33-30(37)23(4)34(19-24-8-7-9-25(31)18-24)29(36)20-35(28-15-12-26(32)17-22(28)3)40(38,39)27-13-10-21(2)11-14-27/h7-15,17-18,23H,5-6,16,19-20H2,1-4H3,(H,33,37)/t23-/m0/s1.